The van der Waals surface area contributed by atoms with Gasteiger partial charge >= 0.3 is 0 Å². The minimum atomic E-state index is -3.64. The smallest absolute Gasteiger partial charge is 0.237 e. The molecular weight excluding hydrogens is 368 g/mol. The summed E-state index contributed by atoms with van der Waals surface area (Å²) in [4.78, 5) is 5.56. The normalized spacial score (nSPS) is 20.0. The van der Waals surface area contributed by atoms with Crippen LogP contribution in [-0.2, 0) is 10.0 Å². The van der Waals surface area contributed by atoms with Crippen molar-refractivity contribution in [3.8, 4) is 5.82 Å². The summed E-state index contributed by atoms with van der Waals surface area (Å²) in [7, 11) is -3.64. The largest absolute Gasteiger partial charge is 0.247 e. The molecule has 1 saturated heterocycles. The number of hydrogen-bond acceptors (Lipinski definition) is 5. The second kappa shape index (κ2) is 6.00. The van der Waals surface area contributed by atoms with Gasteiger partial charge in [-0.3, -0.25) is 0 Å². The molecular formula is C18H20N4O2S2. The first-order valence-electron chi connectivity index (χ1n) is 8.34. The summed E-state index contributed by atoms with van der Waals surface area (Å²) in [6.45, 7) is 6.47. The Morgan fingerprint density at radius 1 is 1.23 bits per heavy atom. The van der Waals surface area contributed by atoms with Crippen molar-refractivity contribution in [3.05, 3.63) is 58.7 Å². The van der Waals surface area contributed by atoms with Gasteiger partial charge < -0.3 is 0 Å². The predicted molar refractivity (Wildman–Crippen MR) is 101 cm³/mol. The van der Waals surface area contributed by atoms with E-state index in [1.54, 1.807) is 39.5 Å². The zero-order valence-electron chi connectivity index (χ0n) is 14.8. The monoisotopic (exact) mass is 388 g/mol. The first kappa shape index (κ1) is 17.4. The second-order valence-electron chi connectivity index (χ2n) is 7.15. The van der Waals surface area contributed by atoms with Gasteiger partial charge in [0.1, 0.15) is 4.90 Å². The van der Waals surface area contributed by atoms with Gasteiger partial charge in [0, 0.05) is 23.0 Å². The summed E-state index contributed by atoms with van der Waals surface area (Å²) in [5.74, 6) is 0.602. The van der Waals surface area contributed by atoms with Gasteiger partial charge in [-0.25, -0.2) is 18.1 Å². The molecule has 4 rings (SSSR count). The van der Waals surface area contributed by atoms with Crippen LogP contribution in [0.2, 0.25) is 0 Å². The molecule has 0 saturated carbocycles. The Balaban J connectivity index is 1.73. The summed E-state index contributed by atoms with van der Waals surface area (Å²) in [6, 6.07) is 9.28. The van der Waals surface area contributed by atoms with Crippen molar-refractivity contribution in [1.29, 1.82) is 0 Å². The number of sulfonamides is 1. The quantitative estimate of drug-likeness (QED) is 0.687. The molecule has 0 bridgehead atoms. The molecule has 3 aromatic heterocycles. The van der Waals surface area contributed by atoms with Crippen LogP contribution in [0.25, 0.3) is 5.82 Å². The lowest BCUT2D eigenvalue weighted by molar-refractivity contribution is 0.0222. The van der Waals surface area contributed by atoms with E-state index in [1.807, 2.05) is 29.6 Å². The molecule has 26 heavy (non-hydrogen) atoms. The van der Waals surface area contributed by atoms with E-state index in [1.165, 1.54) is 6.20 Å². The molecule has 1 aliphatic rings. The van der Waals surface area contributed by atoms with Crippen LogP contribution in [-0.4, -0.2) is 34.0 Å². The van der Waals surface area contributed by atoms with E-state index in [4.69, 9.17) is 0 Å². The molecule has 0 aromatic carbocycles. The Labute approximate surface area is 157 Å². The highest BCUT2D eigenvalue weighted by Crippen LogP contribution is 2.52. The predicted octanol–water partition coefficient (Wildman–Crippen LogP) is 3.41. The molecule has 1 fully saturated rings. The van der Waals surface area contributed by atoms with Crippen molar-refractivity contribution >= 4 is 21.4 Å². The molecule has 8 heteroatoms. The third kappa shape index (κ3) is 2.60. The van der Waals surface area contributed by atoms with Gasteiger partial charge in [0.2, 0.25) is 10.0 Å². The maximum Gasteiger partial charge on any atom is 0.247 e. The van der Waals surface area contributed by atoms with E-state index >= 15 is 0 Å². The maximum atomic E-state index is 13.3. The van der Waals surface area contributed by atoms with Crippen molar-refractivity contribution < 1.29 is 8.42 Å². The van der Waals surface area contributed by atoms with Crippen LogP contribution in [0.15, 0.2) is 53.0 Å². The van der Waals surface area contributed by atoms with Gasteiger partial charge in [0.25, 0.3) is 0 Å². The summed E-state index contributed by atoms with van der Waals surface area (Å²) in [5.41, 5.74) is 0.473. The number of thiophene rings is 1. The lowest BCUT2D eigenvalue weighted by Crippen LogP contribution is -2.57. The summed E-state index contributed by atoms with van der Waals surface area (Å²) >= 11 is 1.59. The van der Waals surface area contributed by atoms with Gasteiger partial charge in [0.15, 0.2) is 5.82 Å². The zero-order valence-corrected chi connectivity index (χ0v) is 16.5. The van der Waals surface area contributed by atoms with Gasteiger partial charge in [0.05, 0.1) is 17.9 Å². The molecule has 0 radical (unpaired) electrons. The summed E-state index contributed by atoms with van der Waals surface area (Å²) < 4.78 is 29.8. The first-order chi connectivity index (χ1) is 12.3. The van der Waals surface area contributed by atoms with Crippen LogP contribution in [0.4, 0.5) is 0 Å². The van der Waals surface area contributed by atoms with Crippen molar-refractivity contribution in [2.24, 2.45) is 5.41 Å². The van der Waals surface area contributed by atoms with Crippen LogP contribution in [0, 0.1) is 12.3 Å². The highest BCUT2D eigenvalue weighted by Gasteiger charge is 2.53. The van der Waals surface area contributed by atoms with Crippen molar-refractivity contribution in [3.63, 3.8) is 0 Å². The van der Waals surface area contributed by atoms with Gasteiger partial charge in [-0.05, 0) is 30.5 Å². The highest BCUT2D eigenvalue weighted by molar-refractivity contribution is 7.89. The molecule has 6 nitrogen and oxygen atoms in total. The first-order valence-corrected chi connectivity index (χ1v) is 10.7. The summed E-state index contributed by atoms with van der Waals surface area (Å²) in [6.07, 6.45) is 3.09. The minimum Gasteiger partial charge on any atom is -0.237 e. The van der Waals surface area contributed by atoms with Crippen molar-refractivity contribution in [1.82, 2.24) is 19.1 Å². The fraction of sp³-hybridized carbons (Fsp3) is 0.333. The van der Waals surface area contributed by atoms with E-state index < -0.39 is 10.0 Å². The number of hydrogen-bond donors (Lipinski definition) is 0. The van der Waals surface area contributed by atoms with Gasteiger partial charge in [-0.15, -0.1) is 11.3 Å². The van der Waals surface area contributed by atoms with Crippen molar-refractivity contribution in [2.45, 2.75) is 31.7 Å². The molecule has 1 atom stereocenters. The zero-order chi connectivity index (χ0) is 18.5. The summed E-state index contributed by atoms with van der Waals surface area (Å²) in [5, 5.41) is 6.25. The van der Waals surface area contributed by atoms with E-state index in [-0.39, 0.29) is 16.4 Å². The van der Waals surface area contributed by atoms with E-state index in [2.05, 4.69) is 23.9 Å². The Morgan fingerprint density at radius 2 is 2.04 bits per heavy atom. The Bertz CT molecular complexity index is 1020. The molecule has 3 aromatic rings. The molecule has 0 N–H and O–H groups in total. The molecule has 0 aliphatic carbocycles. The molecule has 0 amide bonds. The Kier molecular flexibility index (Phi) is 4.02. The standard InChI is InChI=1S/C18H20N4O2S2/c1-13-15(11-20-22(13)16-8-4-5-9-19-16)26(23,24)21-12-18(2,3)17(21)14-7-6-10-25-14/h4-11,17H,12H2,1-3H3. The molecule has 4 heterocycles. The molecule has 0 spiro atoms. The average molecular weight is 389 g/mol. The van der Waals surface area contributed by atoms with E-state index in [9.17, 15) is 8.42 Å². The number of nitrogens with zero attached hydrogens (tertiary/aromatic N) is 4. The van der Waals surface area contributed by atoms with Crippen LogP contribution < -0.4 is 0 Å². The SMILES string of the molecule is Cc1c(S(=O)(=O)N2CC(C)(C)C2c2cccs2)cnn1-c1ccccn1. The maximum absolute atomic E-state index is 13.3. The number of aromatic nitrogens is 3. The number of rotatable bonds is 4. The Morgan fingerprint density at radius 3 is 2.65 bits per heavy atom. The highest BCUT2D eigenvalue weighted by atomic mass is 32.2. The van der Waals surface area contributed by atoms with E-state index in [0.29, 0.717) is 18.1 Å². The minimum absolute atomic E-state index is 0.0944. The fourth-order valence-electron chi connectivity index (χ4n) is 3.54. The van der Waals surface area contributed by atoms with Gasteiger partial charge in [-0.2, -0.15) is 9.40 Å². The van der Waals surface area contributed by atoms with Crippen LogP contribution in [0.3, 0.4) is 0 Å². The van der Waals surface area contributed by atoms with Crippen LogP contribution in [0.1, 0.15) is 30.5 Å². The topological polar surface area (TPSA) is 68.1 Å². The van der Waals surface area contributed by atoms with Crippen molar-refractivity contribution in [2.75, 3.05) is 6.54 Å². The Hall–Kier alpha value is -2.03. The third-order valence-electron chi connectivity index (χ3n) is 4.82. The van der Waals surface area contributed by atoms with Crippen LogP contribution >= 0.6 is 11.3 Å². The molecule has 1 unspecified atom stereocenters. The molecule has 1 aliphatic heterocycles. The van der Waals surface area contributed by atoms with E-state index in [0.717, 1.165) is 4.88 Å². The van der Waals surface area contributed by atoms with Gasteiger partial charge in [-0.1, -0.05) is 26.0 Å². The van der Waals surface area contributed by atoms with Crippen LogP contribution in [0.5, 0.6) is 0 Å². The lowest BCUT2D eigenvalue weighted by atomic mass is 9.76. The number of pyridine rings is 1. The molecule has 136 valence electrons. The second-order valence-corrected chi connectivity index (χ2v) is 9.99. The fourth-order valence-corrected chi connectivity index (χ4v) is 6.72. The average Bonchev–Trinajstić information content (AvgIpc) is 3.23. The lowest BCUT2D eigenvalue weighted by Gasteiger charge is -2.52. The third-order valence-corrected chi connectivity index (χ3v) is 7.66.